The van der Waals surface area contributed by atoms with Crippen LogP contribution in [0.3, 0.4) is 0 Å². The molecule has 27 heavy (non-hydrogen) atoms. The van der Waals surface area contributed by atoms with Crippen LogP contribution in [0.2, 0.25) is 0 Å². The zero-order chi connectivity index (χ0) is 18.4. The smallest absolute Gasteiger partial charge is 0.00928 e. The van der Waals surface area contributed by atoms with E-state index in [-0.39, 0.29) is 0 Å². The molecular weight excluding hydrogens is 324 g/mol. The summed E-state index contributed by atoms with van der Waals surface area (Å²) < 4.78 is 0. The SMILES string of the molecule is CC(C)c1ccc(-c2ccc3c4ccccc4c4ccccc4c3c2)cc1. The van der Waals surface area contributed by atoms with E-state index in [0.29, 0.717) is 5.92 Å². The van der Waals surface area contributed by atoms with Gasteiger partial charge in [0.05, 0.1) is 0 Å². The number of rotatable bonds is 2. The number of hydrogen-bond donors (Lipinski definition) is 0. The minimum atomic E-state index is 0.561. The van der Waals surface area contributed by atoms with E-state index in [1.807, 2.05) is 0 Å². The molecule has 0 saturated carbocycles. The van der Waals surface area contributed by atoms with Crippen molar-refractivity contribution in [1.82, 2.24) is 0 Å². The Morgan fingerprint density at radius 2 is 0.889 bits per heavy atom. The van der Waals surface area contributed by atoms with Crippen molar-refractivity contribution in [2.24, 2.45) is 0 Å². The lowest BCUT2D eigenvalue weighted by molar-refractivity contribution is 0.867. The van der Waals surface area contributed by atoms with Gasteiger partial charge in [-0.15, -0.1) is 0 Å². The molecular formula is C27H22. The summed E-state index contributed by atoms with van der Waals surface area (Å²) in [6.45, 7) is 4.48. The summed E-state index contributed by atoms with van der Waals surface area (Å²) in [6, 6.07) is 33.4. The van der Waals surface area contributed by atoms with Crippen molar-refractivity contribution < 1.29 is 0 Å². The van der Waals surface area contributed by atoms with Crippen LogP contribution in [0.25, 0.3) is 43.4 Å². The predicted molar refractivity (Wildman–Crippen MR) is 118 cm³/mol. The molecule has 0 heterocycles. The molecule has 0 N–H and O–H groups in total. The molecule has 0 amide bonds. The summed E-state index contributed by atoms with van der Waals surface area (Å²) in [6.07, 6.45) is 0. The first-order chi connectivity index (χ1) is 13.2. The lowest BCUT2D eigenvalue weighted by Gasteiger charge is -2.12. The maximum atomic E-state index is 2.36. The molecule has 0 aliphatic rings. The summed E-state index contributed by atoms with van der Waals surface area (Å²) >= 11 is 0. The summed E-state index contributed by atoms with van der Waals surface area (Å²) in [7, 11) is 0. The Morgan fingerprint density at radius 3 is 1.41 bits per heavy atom. The second kappa shape index (κ2) is 6.25. The fraction of sp³-hybridized carbons (Fsp3) is 0.111. The van der Waals surface area contributed by atoms with Gasteiger partial charge in [0, 0.05) is 0 Å². The van der Waals surface area contributed by atoms with Gasteiger partial charge in [-0.3, -0.25) is 0 Å². The van der Waals surface area contributed by atoms with Gasteiger partial charge in [-0.25, -0.2) is 0 Å². The molecule has 0 atom stereocenters. The summed E-state index contributed by atoms with van der Waals surface area (Å²) in [4.78, 5) is 0. The molecule has 130 valence electrons. The highest BCUT2D eigenvalue weighted by Gasteiger charge is 2.09. The molecule has 0 unspecified atom stereocenters. The number of hydrogen-bond acceptors (Lipinski definition) is 0. The van der Waals surface area contributed by atoms with Gasteiger partial charge in [0.25, 0.3) is 0 Å². The molecule has 5 aromatic rings. The van der Waals surface area contributed by atoms with Gasteiger partial charge in [0.15, 0.2) is 0 Å². The molecule has 0 radical (unpaired) electrons. The second-order valence-electron chi connectivity index (χ2n) is 7.63. The van der Waals surface area contributed by atoms with E-state index in [1.54, 1.807) is 0 Å². The molecule has 0 fully saturated rings. The van der Waals surface area contributed by atoms with Crippen molar-refractivity contribution in [2.75, 3.05) is 0 Å². The minimum Gasteiger partial charge on any atom is -0.0616 e. The van der Waals surface area contributed by atoms with E-state index >= 15 is 0 Å². The van der Waals surface area contributed by atoms with Gasteiger partial charge in [-0.1, -0.05) is 98.8 Å². The topological polar surface area (TPSA) is 0 Å². The van der Waals surface area contributed by atoms with Gasteiger partial charge < -0.3 is 0 Å². The van der Waals surface area contributed by atoms with E-state index in [9.17, 15) is 0 Å². The van der Waals surface area contributed by atoms with Crippen molar-refractivity contribution >= 4 is 32.3 Å². The van der Waals surface area contributed by atoms with Gasteiger partial charge in [-0.05, 0) is 61.0 Å². The molecule has 0 heteroatoms. The Bertz CT molecular complexity index is 1240. The highest BCUT2D eigenvalue weighted by atomic mass is 14.1. The third kappa shape index (κ3) is 2.61. The molecule has 0 nitrogen and oxygen atoms in total. The lowest BCUT2D eigenvalue weighted by Crippen LogP contribution is -1.87. The Balaban J connectivity index is 1.81. The fourth-order valence-electron chi connectivity index (χ4n) is 4.15. The van der Waals surface area contributed by atoms with E-state index in [1.165, 1.54) is 49.0 Å². The maximum absolute atomic E-state index is 2.36. The fourth-order valence-corrected chi connectivity index (χ4v) is 4.15. The van der Waals surface area contributed by atoms with Gasteiger partial charge in [-0.2, -0.15) is 0 Å². The van der Waals surface area contributed by atoms with Gasteiger partial charge >= 0.3 is 0 Å². The molecule has 0 aromatic heterocycles. The Kier molecular flexibility index (Phi) is 3.72. The second-order valence-corrected chi connectivity index (χ2v) is 7.63. The lowest BCUT2D eigenvalue weighted by atomic mass is 9.91. The van der Waals surface area contributed by atoms with Crippen LogP contribution < -0.4 is 0 Å². The standard InChI is InChI=1S/C27H22/c1-18(2)19-11-13-20(14-12-19)21-15-16-26-24-9-4-3-7-22(24)23-8-5-6-10-25(23)27(26)17-21/h3-18H,1-2H3. The number of benzene rings is 5. The van der Waals surface area contributed by atoms with Crippen LogP contribution in [0, 0.1) is 0 Å². The van der Waals surface area contributed by atoms with Crippen LogP contribution in [0.15, 0.2) is 91.0 Å². The number of fused-ring (bicyclic) bond motifs is 6. The van der Waals surface area contributed by atoms with Crippen molar-refractivity contribution in [3.63, 3.8) is 0 Å². The monoisotopic (exact) mass is 346 g/mol. The molecule has 0 aliphatic carbocycles. The van der Waals surface area contributed by atoms with Crippen molar-refractivity contribution in [2.45, 2.75) is 19.8 Å². The zero-order valence-corrected chi connectivity index (χ0v) is 15.7. The quantitative estimate of drug-likeness (QED) is 0.285. The molecule has 5 rings (SSSR count). The highest BCUT2D eigenvalue weighted by molar-refractivity contribution is 6.25. The van der Waals surface area contributed by atoms with Crippen LogP contribution in [0.4, 0.5) is 0 Å². The van der Waals surface area contributed by atoms with Crippen LogP contribution in [0.1, 0.15) is 25.3 Å². The van der Waals surface area contributed by atoms with E-state index in [2.05, 4.69) is 105 Å². The normalized spacial score (nSPS) is 11.7. The van der Waals surface area contributed by atoms with Crippen molar-refractivity contribution in [3.05, 3.63) is 96.6 Å². The first kappa shape index (κ1) is 16.1. The van der Waals surface area contributed by atoms with Crippen LogP contribution in [-0.2, 0) is 0 Å². The highest BCUT2D eigenvalue weighted by Crippen LogP contribution is 2.37. The Hall–Kier alpha value is -3.12. The van der Waals surface area contributed by atoms with E-state index < -0.39 is 0 Å². The summed E-state index contributed by atoms with van der Waals surface area (Å²) in [5.74, 6) is 0.561. The van der Waals surface area contributed by atoms with Crippen LogP contribution in [-0.4, -0.2) is 0 Å². The zero-order valence-electron chi connectivity index (χ0n) is 15.7. The molecule has 0 bridgehead atoms. The Labute approximate surface area is 160 Å². The first-order valence-electron chi connectivity index (χ1n) is 9.66. The molecule has 0 spiro atoms. The van der Waals surface area contributed by atoms with E-state index in [4.69, 9.17) is 0 Å². The molecule has 0 aliphatic heterocycles. The third-order valence-electron chi connectivity index (χ3n) is 5.65. The molecule has 0 saturated heterocycles. The minimum absolute atomic E-state index is 0.561. The van der Waals surface area contributed by atoms with Crippen molar-refractivity contribution in [3.8, 4) is 11.1 Å². The third-order valence-corrected chi connectivity index (χ3v) is 5.65. The van der Waals surface area contributed by atoms with E-state index in [0.717, 1.165) is 0 Å². The van der Waals surface area contributed by atoms with Crippen LogP contribution in [0.5, 0.6) is 0 Å². The molecule has 5 aromatic carbocycles. The van der Waals surface area contributed by atoms with Crippen LogP contribution >= 0.6 is 0 Å². The maximum Gasteiger partial charge on any atom is -0.00928 e. The largest absolute Gasteiger partial charge is 0.0616 e. The summed E-state index contributed by atoms with van der Waals surface area (Å²) in [5, 5.41) is 7.96. The Morgan fingerprint density at radius 1 is 0.444 bits per heavy atom. The predicted octanol–water partition coefficient (Wildman–Crippen LogP) is 7.94. The van der Waals surface area contributed by atoms with Crippen molar-refractivity contribution in [1.29, 1.82) is 0 Å². The average molecular weight is 346 g/mol. The first-order valence-corrected chi connectivity index (χ1v) is 9.66. The van der Waals surface area contributed by atoms with Gasteiger partial charge in [0.2, 0.25) is 0 Å². The average Bonchev–Trinajstić information content (AvgIpc) is 2.73. The van der Waals surface area contributed by atoms with Gasteiger partial charge in [0.1, 0.15) is 0 Å². The summed E-state index contributed by atoms with van der Waals surface area (Å²) in [5.41, 5.74) is 3.94.